The smallest absolute Gasteiger partial charge is 0.238 e. The van der Waals surface area contributed by atoms with Gasteiger partial charge in [0.25, 0.3) is 0 Å². The lowest BCUT2D eigenvalue weighted by Gasteiger charge is -2.52. The molecule has 0 aromatic heterocycles. The Morgan fingerprint density at radius 3 is 2.75 bits per heavy atom. The van der Waals surface area contributed by atoms with Crippen molar-refractivity contribution in [3.05, 3.63) is 30.3 Å². The molecule has 0 radical (unpaired) electrons. The van der Waals surface area contributed by atoms with Crippen LogP contribution in [-0.2, 0) is 13.9 Å². The second-order valence-corrected chi connectivity index (χ2v) is 9.41. The molecular weight excluding hydrogens is 271 g/mol. The van der Waals surface area contributed by atoms with Crippen LogP contribution < -0.4 is 5.30 Å². The zero-order valence-corrected chi connectivity index (χ0v) is 12.5. The Balaban J connectivity index is 1.88. The maximum atomic E-state index is 13.7. The summed E-state index contributed by atoms with van der Waals surface area (Å²) in [5.41, 5.74) is 0. The Morgan fingerprint density at radius 2 is 2.00 bits per heavy atom. The molecule has 5 atom stereocenters. The maximum Gasteiger partial charge on any atom is 0.238 e. The summed E-state index contributed by atoms with van der Waals surface area (Å²) >= 11 is 0. The van der Waals surface area contributed by atoms with E-state index in [0.29, 0.717) is 18.8 Å². The third kappa shape index (κ3) is 1.36. The molecule has 2 saturated carbocycles. The van der Waals surface area contributed by atoms with Gasteiger partial charge in [0, 0.05) is 17.6 Å². The van der Waals surface area contributed by atoms with Crippen molar-refractivity contribution in [2.24, 2.45) is 17.8 Å². The van der Waals surface area contributed by atoms with Crippen LogP contribution in [0.25, 0.3) is 0 Å². The highest BCUT2D eigenvalue weighted by Gasteiger charge is 2.67. The highest BCUT2D eigenvalue weighted by molar-refractivity contribution is 7.68. The molecule has 4 rings (SSSR count). The topological polar surface area (TPSA) is 43.4 Å². The van der Waals surface area contributed by atoms with E-state index >= 15 is 0 Å². The minimum atomic E-state index is -2.90. The van der Waals surface area contributed by atoms with Gasteiger partial charge >= 0.3 is 0 Å². The highest BCUT2D eigenvalue weighted by Crippen LogP contribution is 2.74. The quantitative estimate of drug-likeness (QED) is 0.747. The van der Waals surface area contributed by atoms with E-state index in [-0.39, 0.29) is 22.9 Å². The van der Waals surface area contributed by atoms with Crippen LogP contribution in [0.4, 0.5) is 0 Å². The lowest BCUT2D eigenvalue weighted by atomic mass is 9.71. The second kappa shape index (κ2) is 4.05. The van der Waals surface area contributed by atoms with E-state index in [1.165, 1.54) is 0 Å². The first-order valence-electron chi connectivity index (χ1n) is 7.40. The number of Topliss-reactive ketones (excluding diaryl/α,β-unsaturated/α-hetero) is 1. The lowest BCUT2D eigenvalue weighted by Crippen LogP contribution is -2.54. The van der Waals surface area contributed by atoms with E-state index in [9.17, 15) is 9.36 Å². The molecule has 1 aliphatic heterocycles. The summed E-state index contributed by atoms with van der Waals surface area (Å²) in [6, 6.07) is 9.61. The first-order valence-corrected chi connectivity index (χ1v) is 9.03. The van der Waals surface area contributed by atoms with Crippen molar-refractivity contribution in [1.29, 1.82) is 0 Å². The number of rotatable bonds is 1. The van der Waals surface area contributed by atoms with Gasteiger partial charge < -0.3 is 4.52 Å². The van der Waals surface area contributed by atoms with Crippen molar-refractivity contribution in [3.63, 3.8) is 0 Å². The average Bonchev–Trinajstić information content (AvgIpc) is 2.69. The maximum absolute atomic E-state index is 13.7. The van der Waals surface area contributed by atoms with Crippen LogP contribution in [0, 0.1) is 17.8 Å². The SMILES string of the molecule is CC12C3CCC1C(COP2(=O)c1ccccc1)C(=O)C3. The number of benzene rings is 1. The molecule has 3 nitrogen and oxygen atoms in total. The molecule has 2 aliphatic carbocycles. The fourth-order valence-electron chi connectivity index (χ4n) is 4.77. The number of hydrogen-bond donors (Lipinski definition) is 0. The van der Waals surface area contributed by atoms with Gasteiger partial charge in [0.1, 0.15) is 5.78 Å². The summed E-state index contributed by atoms with van der Waals surface area (Å²) in [7, 11) is -2.90. The molecular formula is C16H19O3P. The summed E-state index contributed by atoms with van der Waals surface area (Å²) in [5, 5.41) is 0.484. The van der Waals surface area contributed by atoms with Crippen LogP contribution in [0.15, 0.2) is 30.3 Å². The van der Waals surface area contributed by atoms with Gasteiger partial charge in [-0.25, -0.2) is 0 Å². The average molecular weight is 290 g/mol. The number of hydrogen-bond acceptors (Lipinski definition) is 3. The van der Waals surface area contributed by atoms with Crippen molar-refractivity contribution in [3.8, 4) is 0 Å². The molecule has 1 aromatic carbocycles. The van der Waals surface area contributed by atoms with Crippen molar-refractivity contribution < 1.29 is 13.9 Å². The summed E-state index contributed by atoms with van der Waals surface area (Å²) in [6.45, 7) is 2.46. The molecule has 0 N–H and O–H groups in total. The minimum absolute atomic E-state index is 0.0236. The summed E-state index contributed by atoms with van der Waals surface area (Å²) in [5.74, 6) is 0.773. The van der Waals surface area contributed by atoms with Gasteiger partial charge in [0.15, 0.2) is 0 Å². The molecule has 1 saturated heterocycles. The highest BCUT2D eigenvalue weighted by atomic mass is 31.2. The van der Waals surface area contributed by atoms with Crippen molar-refractivity contribution in [2.45, 2.75) is 31.3 Å². The lowest BCUT2D eigenvalue weighted by molar-refractivity contribution is -0.130. The Kier molecular flexibility index (Phi) is 2.59. The van der Waals surface area contributed by atoms with Crippen LogP contribution in [-0.4, -0.2) is 17.5 Å². The number of carbonyl (C=O) groups excluding carboxylic acids is 1. The van der Waals surface area contributed by atoms with E-state index in [1.54, 1.807) is 0 Å². The third-order valence-electron chi connectivity index (χ3n) is 5.92. The summed E-state index contributed by atoms with van der Waals surface area (Å²) < 4.78 is 19.6. The van der Waals surface area contributed by atoms with Crippen LogP contribution in [0.1, 0.15) is 26.2 Å². The van der Waals surface area contributed by atoms with Gasteiger partial charge in [-0.2, -0.15) is 0 Å². The molecule has 3 aliphatic rings. The van der Waals surface area contributed by atoms with Crippen LogP contribution in [0.2, 0.25) is 0 Å². The summed E-state index contributed by atoms with van der Waals surface area (Å²) in [4.78, 5) is 12.2. The zero-order chi connectivity index (χ0) is 14.0. The van der Waals surface area contributed by atoms with Gasteiger partial charge in [0.05, 0.1) is 11.8 Å². The first kappa shape index (κ1) is 12.8. The predicted octanol–water partition coefficient (Wildman–Crippen LogP) is 2.99. The molecule has 4 bridgehead atoms. The Bertz CT molecular complexity index is 611. The van der Waals surface area contributed by atoms with E-state index in [2.05, 4.69) is 6.92 Å². The normalized spacial score (nSPS) is 46.5. The standard InChI is InChI=1S/C16H19O3P/c1-16-11-7-8-14(16)13(15(17)9-11)10-19-20(16,18)12-5-3-2-4-6-12/h2-6,11,13-14H,7-10H2,1H3. The molecule has 5 unspecified atom stereocenters. The molecule has 106 valence electrons. The minimum Gasteiger partial charge on any atom is -0.324 e. The largest absolute Gasteiger partial charge is 0.324 e. The van der Waals surface area contributed by atoms with Crippen molar-refractivity contribution in [1.82, 2.24) is 0 Å². The van der Waals surface area contributed by atoms with Crippen LogP contribution in [0.5, 0.6) is 0 Å². The molecule has 3 fully saturated rings. The molecule has 4 heteroatoms. The monoisotopic (exact) mass is 290 g/mol. The molecule has 1 heterocycles. The predicted molar refractivity (Wildman–Crippen MR) is 77.4 cm³/mol. The van der Waals surface area contributed by atoms with Gasteiger partial charge in [-0.15, -0.1) is 0 Å². The summed E-state index contributed by atoms with van der Waals surface area (Å²) in [6.07, 6.45) is 2.64. The molecule has 1 aromatic rings. The van der Waals surface area contributed by atoms with Gasteiger partial charge in [-0.1, -0.05) is 18.2 Å². The number of carbonyl (C=O) groups is 1. The fourth-order valence-corrected chi connectivity index (χ4v) is 8.14. The Hall–Kier alpha value is -0.920. The molecule has 0 amide bonds. The van der Waals surface area contributed by atoms with Gasteiger partial charge in [-0.05, 0) is 43.7 Å². The van der Waals surface area contributed by atoms with E-state index in [0.717, 1.165) is 18.1 Å². The number of ketones is 1. The zero-order valence-electron chi connectivity index (χ0n) is 11.6. The second-order valence-electron chi connectivity index (χ2n) is 6.57. The van der Waals surface area contributed by atoms with E-state index in [4.69, 9.17) is 4.52 Å². The Labute approximate surface area is 119 Å². The third-order valence-corrected chi connectivity index (χ3v) is 9.37. The van der Waals surface area contributed by atoms with Crippen molar-refractivity contribution >= 4 is 18.5 Å². The van der Waals surface area contributed by atoms with Crippen molar-refractivity contribution in [2.75, 3.05) is 6.61 Å². The van der Waals surface area contributed by atoms with Gasteiger partial charge in [-0.3, -0.25) is 9.36 Å². The van der Waals surface area contributed by atoms with Crippen LogP contribution >= 0.6 is 7.37 Å². The van der Waals surface area contributed by atoms with E-state index < -0.39 is 7.37 Å². The van der Waals surface area contributed by atoms with E-state index in [1.807, 2.05) is 30.3 Å². The molecule has 0 spiro atoms. The fraction of sp³-hybridized carbons (Fsp3) is 0.562. The Morgan fingerprint density at radius 1 is 1.25 bits per heavy atom. The first-order chi connectivity index (χ1) is 9.57. The van der Waals surface area contributed by atoms with Gasteiger partial charge in [0.2, 0.25) is 7.37 Å². The molecule has 20 heavy (non-hydrogen) atoms. The van der Waals surface area contributed by atoms with Crippen LogP contribution in [0.3, 0.4) is 0 Å².